The van der Waals surface area contributed by atoms with Gasteiger partial charge in [0, 0.05) is 18.7 Å². The molecule has 0 aliphatic rings. The summed E-state index contributed by atoms with van der Waals surface area (Å²) < 4.78 is 9.98. The number of carbonyl (C=O) groups is 3. The van der Waals surface area contributed by atoms with E-state index in [0.717, 1.165) is 16.9 Å². The van der Waals surface area contributed by atoms with Crippen LogP contribution in [0, 0.1) is 6.92 Å². The van der Waals surface area contributed by atoms with Gasteiger partial charge in [0.15, 0.2) is 0 Å². The van der Waals surface area contributed by atoms with Gasteiger partial charge >= 0.3 is 5.97 Å². The predicted molar refractivity (Wildman–Crippen MR) is 112 cm³/mol. The number of esters is 1. The number of methoxy groups -OCH3 is 1. The number of halogens is 1. The van der Waals surface area contributed by atoms with Crippen LogP contribution in [-0.4, -0.2) is 44.7 Å². The van der Waals surface area contributed by atoms with Gasteiger partial charge in [-0.15, -0.1) is 11.3 Å². The van der Waals surface area contributed by atoms with Crippen molar-refractivity contribution in [3.63, 3.8) is 0 Å². The van der Waals surface area contributed by atoms with E-state index in [4.69, 9.17) is 26.8 Å². The molecule has 8 nitrogen and oxygen atoms in total. The minimum absolute atomic E-state index is 0.00361. The van der Waals surface area contributed by atoms with E-state index in [1.165, 1.54) is 7.11 Å². The highest BCUT2D eigenvalue weighted by atomic mass is 35.5. The van der Waals surface area contributed by atoms with Crippen LogP contribution in [0.2, 0.25) is 5.02 Å². The standard InChI is InChI=1S/C19H22ClN3O5S/c1-11-15(19(26)28-8-7-27-2)18(29-16(11)17(21)25)23-14(24)10-22-9-12-3-5-13(20)6-4-12/h3-6,22H,7-10H2,1-2H3,(H2,21,25)(H,23,24). The lowest BCUT2D eigenvalue weighted by atomic mass is 10.1. The third kappa shape index (κ3) is 6.53. The molecular formula is C19H22ClN3O5S. The molecule has 29 heavy (non-hydrogen) atoms. The van der Waals surface area contributed by atoms with Crippen molar-refractivity contribution in [3.05, 3.63) is 50.9 Å². The first kappa shape index (κ1) is 22.8. The first-order valence-electron chi connectivity index (χ1n) is 8.67. The highest BCUT2D eigenvalue weighted by molar-refractivity contribution is 7.18. The fraction of sp³-hybridized carbons (Fsp3) is 0.316. The van der Waals surface area contributed by atoms with Crippen LogP contribution in [0.25, 0.3) is 0 Å². The van der Waals surface area contributed by atoms with Crippen LogP contribution in [0.4, 0.5) is 5.00 Å². The maximum atomic E-state index is 12.4. The molecular weight excluding hydrogens is 418 g/mol. The number of rotatable bonds is 10. The number of benzene rings is 1. The molecule has 0 aliphatic carbocycles. The summed E-state index contributed by atoms with van der Waals surface area (Å²) >= 11 is 6.78. The zero-order valence-electron chi connectivity index (χ0n) is 16.0. The topological polar surface area (TPSA) is 120 Å². The number of nitrogens with two attached hydrogens (primary N) is 1. The fourth-order valence-corrected chi connectivity index (χ4v) is 3.65. The van der Waals surface area contributed by atoms with Crippen molar-refractivity contribution in [2.45, 2.75) is 13.5 Å². The van der Waals surface area contributed by atoms with Gasteiger partial charge < -0.3 is 25.8 Å². The largest absolute Gasteiger partial charge is 0.460 e. The van der Waals surface area contributed by atoms with Crippen molar-refractivity contribution >= 4 is 45.7 Å². The zero-order chi connectivity index (χ0) is 21.4. The van der Waals surface area contributed by atoms with Crippen molar-refractivity contribution in [2.24, 2.45) is 5.73 Å². The summed E-state index contributed by atoms with van der Waals surface area (Å²) in [6.07, 6.45) is 0. The Kier molecular flexibility index (Phi) is 8.59. The quantitative estimate of drug-likeness (QED) is 0.386. The van der Waals surface area contributed by atoms with Crippen LogP contribution < -0.4 is 16.4 Å². The Bertz CT molecular complexity index is 883. The minimum Gasteiger partial charge on any atom is -0.460 e. The van der Waals surface area contributed by atoms with Gasteiger partial charge in [-0.2, -0.15) is 0 Å². The summed E-state index contributed by atoms with van der Waals surface area (Å²) in [5.41, 5.74) is 6.82. The predicted octanol–water partition coefficient (Wildman–Crippen LogP) is 2.34. The summed E-state index contributed by atoms with van der Waals surface area (Å²) in [7, 11) is 1.48. The van der Waals surface area contributed by atoms with Crippen LogP contribution in [0.1, 0.15) is 31.2 Å². The first-order chi connectivity index (χ1) is 13.8. The molecule has 0 spiro atoms. The third-order valence-electron chi connectivity index (χ3n) is 3.88. The van der Waals surface area contributed by atoms with E-state index < -0.39 is 11.9 Å². The minimum atomic E-state index is -0.681. The summed E-state index contributed by atoms with van der Waals surface area (Å²) in [6.45, 7) is 2.33. The van der Waals surface area contributed by atoms with E-state index in [2.05, 4.69) is 10.6 Å². The molecule has 156 valence electrons. The Morgan fingerprint density at radius 2 is 1.86 bits per heavy atom. The van der Waals surface area contributed by atoms with E-state index in [-0.39, 0.29) is 41.1 Å². The molecule has 0 aliphatic heterocycles. The van der Waals surface area contributed by atoms with Crippen molar-refractivity contribution in [2.75, 3.05) is 32.2 Å². The van der Waals surface area contributed by atoms with Gasteiger partial charge in [-0.3, -0.25) is 9.59 Å². The molecule has 0 radical (unpaired) electrons. The Hall–Kier alpha value is -2.46. The van der Waals surface area contributed by atoms with E-state index in [0.29, 0.717) is 17.1 Å². The summed E-state index contributed by atoms with van der Waals surface area (Å²) in [4.78, 5) is 36.5. The molecule has 2 amide bonds. The monoisotopic (exact) mass is 439 g/mol. The highest BCUT2D eigenvalue weighted by Gasteiger charge is 2.25. The number of hydrogen-bond acceptors (Lipinski definition) is 7. The van der Waals surface area contributed by atoms with Crippen molar-refractivity contribution in [1.82, 2.24) is 5.32 Å². The third-order valence-corrected chi connectivity index (χ3v) is 5.35. The molecule has 10 heteroatoms. The van der Waals surface area contributed by atoms with Gasteiger partial charge in [0.2, 0.25) is 5.91 Å². The maximum absolute atomic E-state index is 12.4. The second kappa shape index (κ2) is 10.9. The van der Waals surface area contributed by atoms with Gasteiger partial charge in [0.25, 0.3) is 5.91 Å². The van der Waals surface area contributed by atoms with Crippen LogP contribution in [-0.2, 0) is 20.8 Å². The normalized spacial score (nSPS) is 10.6. The molecule has 0 fully saturated rings. The van der Waals surface area contributed by atoms with Crippen LogP contribution in [0.5, 0.6) is 0 Å². The second-order valence-electron chi connectivity index (χ2n) is 6.03. The molecule has 0 saturated heterocycles. The Balaban J connectivity index is 2.04. The molecule has 2 rings (SSSR count). The Morgan fingerprint density at radius 3 is 2.48 bits per heavy atom. The molecule has 0 atom stereocenters. The number of hydrogen-bond donors (Lipinski definition) is 3. The van der Waals surface area contributed by atoms with E-state index in [1.807, 2.05) is 12.1 Å². The number of primary amides is 1. The van der Waals surface area contributed by atoms with Crippen molar-refractivity contribution in [3.8, 4) is 0 Å². The number of thiophene rings is 1. The lowest BCUT2D eigenvalue weighted by Gasteiger charge is -2.09. The molecule has 0 unspecified atom stereocenters. The van der Waals surface area contributed by atoms with Crippen LogP contribution in [0.3, 0.4) is 0 Å². The molecule has 4 N–H and O–H groups in total. The summed E-state index contributed by atoms with van der Waals surface area (Å²) in [6, 6.07) is 7.23. The van der Waals surface area contributed by atoms with E-state index >= 15 is 0 Å². The fourth-order valence-electron chi connectivity index (χ4n) is 2.47. The SMILES string of the molecule is COCCOC(=O)c1c(NC(=O)CNCc2ccc(Cl)cc2)sc(C(N)=O)c1C. The van der Waals surface area contributed by atoms with Gasteiger partial charge in [0.05, 0.1) is 23.6 Å². The number of amides is 2. The summed E-state index contributed by atoms with van der Waals surface area (Å²) in [5, 5.41) is 6.50. The second-order valence-corrected chi connectivity index (χ2v) is 7.49. The van der Waals surface area contributed by atoms with Crippen molar-refractivity contribution in [1.29, 1.82) is 0 Å². The van der Waals surface area contributed by atoms with E-state index in [1.54, 1.807) is 19.1 Å². The molecule has 1 heterocycles. The van der Waals surface area contributed by atoms with Gasteiger partial charge in [-0.1, -0.05) is 23.7 Å². The number of ether oxygens (including phenoxy) is 2. The Morgan fingerprint density at radius 1 is 1.17 bits per heavy atom. The maximum Gasteiger partial charge on any atom is 0.341 e. The lowest BCUT2D eigenvalue weighted by Crippen LogP contribution is -2.28. The number of carbonyl (C=O) groups excluding carboxylic acids is 3. The first-order valence-corrected chi connectivity index (χ1v) is 9.87. The van der Waals surface area contributed by atoms with Crippen LogP contribution in [0.15, 0.2) is 24.3 Å². The molecule has 2 aromatic rings. The lowest BCUT2D eigenvalue weighted by molar-refractivity contribution is -0.115. The average Bonchev–Trinajstić information content (AvgIpc) is 2.99. The molecule has 0 bridgehead atoms. The molecule has 1 aromatic carbocycles. The van der Waals surface area contributed by atoms with Crippen LogP contribution >= 0.6 is 22.9 Å². The van der Waals surface area contributed by atoms with Crippen molar-refractivity contribution < 1.29 is 23.9 Å². The number of nitrogens with one attached hydrogen (secondary N) is 2. The number of anilines is 1. The Labute approximate surface area is 177 Å². The van der Waals surface area contributed by atoms with Gasteiger partial charge in [0.1, 0.15) is 11.6 Å². The highest BCUT2D eigenvalue weighted by Crippen LogP contribution is 2.33. The zero-order valence-corrected chi connectivity index (χ0v) is 17.6. The molecule has 1 aromatic heterocycles. The smallest absolute Gasteiger partial charge is 0.341 e. The molecule has 0 saturated carbocycles. The average molecular weight is 440 g/mol. The van der Waals surface area contributed by atoms with E-state index in [9.17, 15) is 14.4 Å². The van der Waals surface area contributed by atoms with Gasteiger partial charge in [-0.25, -0.2) is 4.79 Å². The van der Waals surface area contributed by atoms with Gasteiger partial charge in [-0.05, 0) is 30.2 Å². The summed E-state index contributed by atoms with van der Waals surface area (Å²) in [5.74, 6) is -1.71.